The molecule has 2 aromatic rings. The van der Waals surface area contributed by atoms with Gasteiger partial charge >= 0.3 is 0 Å². The molecule has 0 fully saturated rings. The summed E-state index contributed by atoms with van der Waals surface area (Å²) >= 11 is 6.37. The number of aromatic nitrogens is 4. The second-order valence-electron chi connectivity index (χ2n) is 2.11. The summed E-state index contributed by atoms with van der Waals surface area (Å²) in [7, 11) is 0. The van der Waals surface area contributed by atoms with Gasteiger partial charge in [0.2, 0.25) is 0 Å². The molecule has 0 atom stereocenters. The first-order valence-electron chi connectivity index (χ1n) is 3.60. The highest BCUT2D eigenvalue weighted by Crippen LogP contribution is 2.01. The van der Waals surface area contributed by atoms with Crippen molar-refractivity contribution in [1.29, 1.82) is 0 Å². The Hall–Kier alpha value is -0.880. The first-order chi connectivity index (χ1) is 6.79. The van der Waals surface area contributed by atoms with Gasteiger partial charge in [0.25, 0.3) is 0 Å². The van der Waals surface area contributed by atoms with Crippen molar-refractivity contribution in [2.75, 3.05) is 0 Å². The molecule has 2 rings (SSSR count). The van der Waals surface area contributed by atoms with Gasteiger partial charge in [-0.25, -0.2) is 19.9 Å². The minimum Gasteiger partial charge on any atom is -0.244 e. The molecule has 0 aromatic carbocycles. The monoisotopic (exact) mass is 316 g/mol. The molecule has 0 unspecified atom stereocenters. The molecule has 0 spiro atoms. The Morgan fingerprint density at radius 3 is 1.07 bits per heavy atom. The zero-order chi connectivity index (χ0) is 10.2. The van der Waals surface area contributed by atoms with E-state index in [4.69, 9.17) is 0 Å². The summed E-state index contributed by atoms with van der Waals surface area (Å²) in [5.41, 5.74) is 0. The third-order valence-electron chi connectivity index (χ3n) is 1.06. The normalized spacial score (nSPS) is 8.71. The van der Waals surface area contributed by atoms with Crippen LogP contribution in [-0.4, -0.2) is 19.9 Å². The maximum absolute atomic E-state index is 3.73. The molecule has 0 aliphatic rings. The molecule has 0 saturated heterocycles. The molecule has 4 nitrogen and oxygen atoms in total. The largest absolute Gasteiger partial charge is 0.244 e. The van der Waals surface area contributed by atoms with Gasteiger partial charge in [0.15, 0.2) is 0 Å². The van der Waals surface area contributed by atoms with Crippen LogP contribution in [0.25, 0.3) is 0 Å². The first kappa shape index (κ1) is 11.2. The van der Waals surface area contributed by atoms with Gasteiger partial charge in [-0.1, -0.05) is 0 Å². The lowest BCUT2D eigenvalue weighted by Crippen LogP contribution is -1.71. The van der Waals surface area contributed by atoms with Crippen molar-refractivity contribution in [3.8, 4) is 0 Å². The SMILES string of the molecule is Brc1cncnc1.Brc1cncnc1. The lowest BCUT2D eigenvalue weighted by Gasteiger charge is -1.79. The van der Waals surface area contributed by atoms with E-state index in [1.807, 2.05) is 0 Å². The molecule has 0 aliphatic heterocycles. The molecule has 0 bridgehead atoms. The van der Waals surface area contributed by atoms with Crippen LogP contribution in [0.15, 0.2) is 46.4 Å². The number of hydrogen-bond acceptors (Lipinski definition) is 4. The summed E-state index contributed by atoms with van der Waals surface area (Å²) in [6.45, 7) is 0. The third kappa shape index (κ3) is 4.98. The molecular weight excluding hydrogens is 312 g/mol. The van der Waals surface area contributed by atoms with E-state index in [1.54, 1.807) is 24.8 Å². The van der Waals surface area contributed by atoms with E-state index in [0.29, 0.717) is 0 Å². The van der Waals surface area contributed by atoms with Gasteiger partial charge in [-0.05, 0) is 31.9 Å². The van der Waals surface area contributed by atoms with Gasteiger partial charge < -0.3 is 0 Å². The van der Waals surface area contributed by atoms with Crippen LogP contribution < -0.4 is 0 Å². The lowest BCUT2D eigenvalue weighted by molar-refractivity contribution is 1.15. The number of rotatable bonds is 0. The van der Waals surface area contributed by atoms with Crippen molar-refractivity contribution in [3.05, 3.63) is 46.4 Å². The van der Waals surface area contributed by atoms with E-state index in [-0.39, 0.29) is 0 Å². The van der Waals surface area contributed by atoms with Crippen molar-refractivity contribution in [3.63, 3.8) is 0 Å². The van der Waals surface area contributed by atoms with Crippen LogP contribution in [0, 0.1) is 0 Å². The van der Waals surface area contributed by atoms with Gasteiger partial charge in [0.05, 0.1) is 8.95 Å². The minimum atomic E-state index is 0.912. The average molecular weight is 318 g/mol. The van der Waals surface area contributed by atoms with E-state index < -0.39 is 0 Å². The molecule has 6 heteroatoms. The van der Waals surface area contributed by atoms with Crippen LogP contribution in [0.2, 0.25) is 0 Å². The maximum atomic E-state index is 3.73. The highest BCUT2D eigenvalue weighted by molar-refractivity contribution is 9.10. The molecule has 2 aromatic heterocycles. The van der Waals surface area contributed by atoms with Gasteiger partial charge in [-0.2, -0.15) is 0 Å². The predicted molar refractivity (Wildman–Crippen MR) is 59.5 cm³/mol. The molecule has 0 amide bonds. The minimum absolute atomic E-state index is 0.912. The molecule has 72 valence electrons. The Morgan fingerprint density at radius 2 is 0.929 bits per heavy atom. The Kier molecular flexibility index (Phi) is 5.24. The quantitative estimate of drug-likeness (QED) is 0.749. The average Bonchev–Trinajstić information content (AvgIpc) is 2.21. The van der Waals surface area contributed by atoms with Crippen LogP contribution in [-0.2, 0) is 0 Å². The summed E-state index contributed by atoms with van der Waals surface area (Å²) in [6.07, 6.45) is 9.73. The Balaban J connectivity index is 0.000000140. The van der Waals surface area contributed by atoms with E-state index in [0.717, 1.165) is 8.95 Å². The number of halogens is 2. The number of nitrogens with zero attached hydrogens (tertiary/aromatic N) is 4. The highest BCUT2D eigenvalue weighted by Gasteiger charge is 1.77. The molecule has 0 aliphatic carbocycles. The number of hydrogen-bond donors (Lipinski definition) is 0. The van der Waals surface area contributed by atoms with Crippen LogP contribution >= 0.6 is 31.9 Å². The molecular formula is C8H6Br2N4. The lowest BCUT2D eigenvalue weighted by atomic mass is 10.7. The Labute approximate surface area is 98.1 Å². The second-order valence-corrected chi connectivity index (χ2v) is 3.94. The zero-order valence-electron chi connectivity index (χ0n) is 7.01. The second kappa shape index (κ2) is 6.56. The van der Waals surface area contributed by atoms with E-state index >= 15 is 0 Å². The van der Waals surface area contributed by atoms with E-state index in [2.05, 4.69) is 51.8 Å². The van der Waals surface area contributed by atoms with Gasteiger partial charge in [0, 0.05) is 24.8 Å². The van der Waals surface area contributed by atoms with Gasteiger partial charge in [0.1, 0.15) is 12.7 Å². The predicted octanol–water partition coefficient (Wildman–Crippen LogP) is 2.48. The van der Waals surface area contributed by atoms with Crippen LogP contribution in [0.1, 0.15) is 0 Å². The van der Waals surface area contributed by atoms with Crippen molar-refractivity contribution in [2.24, 2.45) is 0 Å². The van der Waals surface area contributed by atoms with Gasteiger partial charge in [-0.15, -0.1) is 0 Å². The van der Waals surface area contributed by atoms with Crippen molar-refractivity contribution in [2.45, 2.75) is 0 Å². The van der Waals surface area contributed by atoms with Crippen molar-refractivity contribution < 1.29 is 0 Å². The van der Waals surface area contributed by atoms with Crippen LogP contribution in [0.5, 0.6) is 0 Å². The third-order valence-corrected chi connectivity index (χ3v) is 1.88. The van der Waals surface area contributed by atoms with Crippen molar-refractivity contribution in [1.82, 2.24) is 19.9 Å². The van der Waals surface area contributed by atoms with Crippen LogP contribution in [0.4, 0.5) is 0 Å². The standard InChI is InChI=1S/2C4H3BrN2/c2*5-4-1-6-3-7-2-4/h2*1-3H. The molecule has 0 radical (unpaired) electrons. The van der Waals surface area contributed by atoms with Crippen LogP contribution in [0.3, 0.4) is 0 Å². The zero-order valence-corrected chi connectivity index (χ0v) is 10.2. The molecule has 14 heavy (non-hydrogen) atoms. The fraction of sp³-hybridized carbons (Fsp3) is 0. The Morgan fingerprint density at radius 1 is 0.643 bits per heavy atom. The summed E-state index contributed by atoms with van der Waals surface area (Å²) in [4.78, 5) is 14.9. The van der Waals surface area contributed by atoms with E-state index in [9.17, 15) is 0 Å². The molecule has 0 N–H and O–H groups in total. The highest BCUT2D eigenvalue weighted by atomic mass is 79.9. The van der Waals surface area contributed by atoms with E-state index in [1.165, 1.54) is 12.7 Å². The smallest absolute Gasteiger partial charge is 0.115 e. The molecule has 2 heterocycles. The Bertz CT molecular complexity index is 317. The van der Waals surface area contributed by atoms with Crippen molar-refractivity contribution >= 4 is 31.9 Å². The summed E-state index contributed by atoms with van der Waals surface area (Å²) in [5.74, 6) is 0. The fourth-order valence-electron chi connectivity index (χ4n) is 0.562. The maximum Gasteiger partial charge on any atom is 0.115 e. The topological polar surface area (TPSA) is 51.6 Å². The summed E-state index contributed by atoms with van der Waals surface area (Å²) in [6, 6.07) is 0. The van der Waals surface area contributed by atoms with Gasteiger partial charge in [-0.3, -0.25) is 0 Å². The summed E-state index contributed by atoms with van der Waals surface area (Å²) in [5, 5.41) is 0. The molecule has 0 saturated carbocycles. The summed E-state index contributed by atoms with van der Waals surface area (Å²) < 4.78 is 1.82. The fourth-order valence-corrected chi connectivity index (χ4v) is 1.03. The first-order valence-corrected chi connectivity index (χ1v) is 5.18.